The zero-order chi connectivity index (χ0) is 14.4. The van der Waals surface area contributed by atoms with Crippen LogP contribution in [0.5, 0.6) is 0 Å². The number of hydrogen-bond donors (Lipinski definition) is 4. The van der Waals surface area contributed by atoms with E-state index in [1.807, 2.05) is 11.8 Å². The molecule has 0 amide bonds. The molecule has 5 N–H and O–H groups in total. The van der Waals surface area contributed by atoms with Crippen LogP contribution in [0.2, 0.25) is 0 Å². The standard InChI is InChI=1S/C12H19N5OS2/c1-8-7-9-10(14-3-6-19-5-2-4-18)15-12(17-13)16-11(9)20-8/h7,18H,2-6,13H2,1H3,(H2,14,15,16,17). The summed E-state index contributed by atoms with van der Waals surface area (Å²) in [5, 5.41) is 13.1. The number of aromatic nitrogens is 2. The third-order valence-electron chi connectivity index (χ3n) is 2.63. The van der Waals surface area contributed by atoms with Crippen LogP contribution in [-0.2, 0) is 0 Å². The lowest BCUT2D eigenvalue weighted by atomic mass is 10.3. The molecule has 20 heavy (non-hydrogen) atoms. The topological polar surface area (TPSA) is 96.1 Å². The zero-order valence-corrected chi connectivity index (χ0v) is 13.0. The van der Waals surface area contributed by atoms with Crippen LogP contribution in [0.3, 0.4) is 0 Å². The van der Waals surface area contributed by atoms with E-state index in [0.717, 1.165) is 40.5 Å². The first-order chi connectivity index (χ1) is 9.74. The second kappa shape index (κ2) is 7.63. The normalized spacial score (nSPS) is 10.9. The van der Waals surface area contributed by atoms with E-state index in [2.05, 4.69) is 33.7 Å². The van der Waals surface area contributed by atoms with Gasteiger partial charge in [0.05, 0.1) is 5.39 Å². The number of aliphatic hydroxyl groups is 1. The highest BCUT2D eigenvalue weighted by molar-refractivity contribution is 7.99. The smallest absolute Gasteiger partial charge is 0.240 e. The summed E-state index contributed by atoms with van der Waals surface area (Å²) in [6.07, 6.45) is 0.841. The number of anilines is 2. The van der Waals surface area contributed by atoms with Gasteiger partial charge in [-0.25, -0.2) is 10.8 Å². The summed E-state index contributed by atoms with van der Waals surface area (Å²) < 4.78 is 0. The van der Waals surface area contributed by atoms with Crippen LogP contribution in [0, 0.1) is 6.92 Å². The summed E-state index contributed by atoms with van der Waals surface area (Å²) in [4.78, 5) is 10.8. The minimum atomic E-state index is 0.257. The first-order valence-electron chi connectivity index (χ1n) is 6.42. The number of rotatable bonds is 8. The molecule has 0 aliphatic carbocycles. The van der Waals surface area contributed by atoms with Crippen LogP contribution in [-0.4, -0.2) is 39.7 Å². The second-order valence-electron chi connectivity index (χ2n) is 4.23. The molecule has 2 aromatic rings. The Hall–Kier alpha value is -1.09. The highest BCUT2D eigenvalue weighted by Gasteiger charge is 2.09. The molecular formula is C12H19N5OS2. The molecule has 0 aromatic carbocycles. The molecule has 0 spiro atoms. The lowest BCUT2D eigenvalue weighted by Crippen LogP contribution is -2.13. The maximum atomic E-state index is 8.72. The fourth-order valence-electron chi connectivity index (χ4n) is 1.75. The van der Waals surface area contributed by atoms with Gasteiger partial charge in [0, 0.05) is 23.8 Å². The maximum absolute atomic E-state index is 8.72. The number of nitrogens with one attached hydrogen (secondary N) is 2. The molecule has 0 unspecified atom stereocenters. The molecule has 0 aliphatic heterocycles. The van der Waals surface area contributed by atoms with Crippen LogP contribution in [0.4, 0.5) is 11.8 Å². The quantitative estimate of drug-likeness (QED) is 0.335. The van der Waals surface area contributed by atoms with E-state index in [1.165, 1.54) is 4.88 Å². The fourth-order valence-corrected chi connectivity index (χ4v) is 3.41. The van der Waals surface area contributed by atoms with Crippen molar-refractivity contribution in [3.05, 3.63) is 10.9 Å². The van der Waals surface area contributed by atoms with Gasteiger partial charge in [0.1, 0.15) is 10.6 Å². The summed E-state index contributed by atoms with van der Waals surface area (Å²) in [5.41, 5.74) is 2.50. The summed E-state index contributed by atoms with van der Waals surface area (Å²) in [5.74, 6) is 8.59. The zero-order valence-electron chi connectivity index (χ0n) is 11.3. The number of nitrogens with zero attached hydrogens (tertiary/aromatic N) is 2. The number of fused-ring (bicyclic) bond motifs is 1. The number of nitrogen functional groups attached to an aromatic ring is 1. The van der Waals surface area contributed by atoms with Crippen molar-refractivity contribution in [2.24, 2.45) is 5.84 Å². The molecular weight excluding hydrogens is 294 g/mol. The number of hydrazine groups is 1. The number of nitrogens with two attached hydrogens (primary N) is 1. The van der Waals surface area contributed by atoms with E-state index in [1.54, 1.807) is 11.3 Å². The average molecular weight is 313 g/mol. The molecule has 110 valence electrons. The van der Waals surface area contributed by atoms with Crippen molar-refractivity contribution in [2.75, 3.05) is 35.4 Å². The van der Waals surface area contributed by atoms with Crippen molar-refractivity contribution in [1.29, 1.82) is 0 Å². The Bertz CT molecular complexity index is 560. The Labute approximate surface area is 126 Å². The van der Waals surface area contributed by atoms with Gasteiger partial charge in [0.25, 0.3) is 0 Å². The van der Waals surface area contributed by atoms with Crippen LogP contribution < -0.4 is 16.6 Å². The van der Waals surface area contributed by atoms with Crippen LogP contribution in [0.1, 0.15) is 11.3 Å². The fraction of sp³-hybridized carbons (Fsp3) is 0.500. The van der Waals surface area contributed by atoms with Gasteiger partial charge in [-0.2, -0.15) is 16.7 Å². The largest absolute Gasteiger partial charge is 0.396 e. The summed E-state index contributed by atoms with van der Waals surface area (Å²) in [7, 11) is 0. The molecule has 6 nitrogen and oxygen atoms in total. The van der Waals surface area contributed by atoms with E-state index in [0.29, 0.717) is 5.95 Å². The van der Waals surface area contributed by atoms with Crippen molar-refractivity contribution in [3.8, 4) is 0 Å². The Morgan fingerprint density at radius 3 is 3.00 bits per heavy atom. The van der Waals surface area contributed by atoms with Gasteiger partial charge >= 0.3 is 0 Å². The SMILES string of the molecule is Cc1cc2c(NCCSCCCO)nc(NN)nc2s1. The molecule has 0 saturated carbocycles. The first kappa shape index (κ1) is 15.3. The highest BCUT2D eigenvalue weighted by atomic mass is 32.2. The van der Waals surface area contributed by atoms with Gasteiger partial charge in [-0.05, 0) is 25.2 Å². The molecule has 0 aliphatic rings. The lowest BCUT2D eigenvalue weighted by Gasteiger charge is -2.08. The molecule has 0 radical (unpaired) electrons. The van der Waals surface area contributed by atoms with E-state index < -0.39 is 0 Å². The summed E-state index contributed by atoms with van der Waals surface area (Å²) in [6.45, 7) is 3.13. The lowest BCUT2D eigenvalue weighted by molar-refractivity contribution is 0.296. The molecule has 0 saturated heterocycles. The van der Waals surface area contributed by atoms with Gasteiger partial charge in [0.15, 0.2) is 0 Å². The van der Waals surface area contributed by atoms with Gasteiger partial charge in [-0.3, -0.25) is 5.43 Å². The molecule has 2 heterocycles. The van der Waals surface area contributed by atoms with E-state index in [4.69, 9.17) is 10.9 Å². The first-order valence-corrected chi connectivity index (χ1v) is 8.39. The molecule has 2 rings (SSSR count). The molecule has 0 atom stereocenters. The molecule has 0 bridgehead atoms. The van der Waals surface area contributed by atoms with E-state index in [-0.39, 0.29) is 6.61 Å². The van der Waals surface area contributed by atoms with Crippen molar-refractivity contribution in [2.45, 2.75) is 13.3 Å². The Balaban J connectivity index is 2.00. The molecule has 0 fully saturated rings. The van der Waals surface area contributed by atoms with Gasteiger partial charge in [-0.1, -0.05) is 0 Å². The van der Waals surface area contributed by atoms with Crippen molar-refractivity contribution >= 4 is 45.1 Å². The van der Waals surface area contributed by atoms with Gasteiger partial charge < -0.3 is 10.4 Å². The number of thiophene rings is 1. The second-order valence-corrected chi connectivity index (χ2v) is 6.69. The van der Waals surface area contributed by atoms with E-state index in [9.17, 15) is 0 Å². The van der Waals surface area contributed by atoms with Crippen molar-refractivity contribution in [3.63, 3.8) is 0 Å². The van der Waals surface area contributed by atoms with Crippen molar-refractivity contribution < 1.29 is 5.11 Å². The van der Waals surface area contributed by atoms with Crippen LogP contribution in [0.25, 0.3) is 10.2 Å². The predicted octanol–water partition coefficient (Wildman–Crippen LogP) is 1.81. The molecule has 2 aromatic heterocycles. The third kappa shape index (κ3) is 3.95. The van der Waals surface area contributed by atoms with Gasteiger partial charge in [-0.15, -0.1) is 11.3 Å². The highest BCUT2D eigenvalue weighted by Crippen LogP contribution is 2.29. The van der Waals surface area contributed by atoms with E-state index >= 15 is 0 Å². The third-order valence-corrected chi connectivity index (χ3v) is 4.65. The minimum Gasteiger partial charge on any atom is -0.396 e. The Morgan fingerprint density at radius 1 is 1.40 bits per heavy atom. The van der Waals surface area contributed by atoms with Crippen LogP contribution in [0.15, 0.2) is 6.07 Å². The number of aryl methyl sites for hydroxylation is 1. The minimum absolute atomic E-state index is 0.257. The van der Waals surface area contributed by atoms with Gasteiger partial charge in [0.2, 0.25) is 5.95 Å². The summed E-state index contributed by atoms with van der Waals surface area (Å²) >= 11 is 3.44. The Kier molecular flexibility index (Phi) is 5.84. The number of hydrogen-bond acceptors (Lipinski definition) is 8. The number of thioether (sulfide) groups is 1. The maximum Gasteiger partial charge on any atom is 0.240 e. The summed E-state index contributed by atoms with van der Waals surface area (Å²) in [6, 6.07) is 2.08. The van der Waals surface area contributed by atoms with Crippen LogP contribution >= 0.6 is 23.1 Å². The number of aliphatic hydroxyl groups excluding tert-OH is 1. The molecule has 8 heteroatoms. The predicted molar refractivity (Wildman–Crippen MR) is 87.5 cm³/mol. The average Bonchev–Trinajstić information content (AvgIpc) is 2.82. The Morgan fingerprint density at radius 2 is 2.25 bits per heavy atom. The van der Waals surface area contributed by atoms with Crippen molar-refractivity contribution in [1.82, 2.24) is 9.97 Å². The monoisotopic (exact) mass is 313 g/mol.